The van der Waals surface area contributed by atoms with Crippen molar-refractivity contribution >= 4 is 5.91 Å². The first-order chi connectivity index (χ1) is 13.1. The highest BCUT2D eigenvalue weighted by Gasteiger charge is 2.10. The molecule has 0 saturated carbocycles. The van der Waals surface area contributed by atoms with E-state index in [0.29, 0.717) is 18.5 Å². The Morgan fingerprint density at radius 3 is 2.52 bits per heavy atom. The number of aromatic nitrogens is 3. The van der Waals surface area contributed by atoms with Gasteiger partial charge in [0.2, 0.25) is 0 Å². The molecule has 0 spiro atoms. The van der Waals surface area contributed by atoms with E-state index in [9.17, 15) is 4.79 Å². The highest BCUT2D eigenvalue weighted by atomic mass is 16.5. The fraction of sp³-hybridized carbons (Fsp3) is 0.250. The fourth-order valence-electron chi connectivity index (χ4n) is 2.77. The Hall–Kier alpha value is -3.35. The van der Waals surface area contributed by atoms with Gasteiger partial charge in [0.05, 0.1) is 14.2 Å². The molecule has 0 saturated heterocycles. The number of methoxy groups -OCH3 is 2. The maximum atomic E-state index is 12.3. The van der Waals surface area contributed by atoms with Gasteiger partial charge >= 0.3 is 0 Å². The molecule has 1 heterocycles. The molecule has 1 N–H and O–H groups in total. The van der Waals surface area contributed by atoms with Crippen molar-refractivity contribution in [3.8, 4) is 22.6 Å². The van der Waals surface area contributed by atoms with E-state index >= 15 is 0 Å². The predicted octanol–water partition coefficient (Wildman–Crippen LogP) is 2.47. The van der Waals surface area contributed by atoms with Crippen LogP contribution in [0.2, 0.25) is 0 Å². The van der Waals surface area contributed by atoms with Crippen LogP contribution in [0.5, 0.6) is 11.5 Å². The van der Waals surface area contributed by atoms with Crippen LogP contribution in [0.1, 0.15) is 16.2 Å². The molecule has 0 aliphatic rings. The molecule has 7 heteroatoms. The summed E-state index contributed by atoms with van der Waals surface area (Å²) in [5, 5.41) is 6.91. The molecule has 0 aliphatic heterocycles. The van der Waals surface area contributed by atoms with E-state index in [1.54, 1.807) is 31.0 Å². The van der Waals surface area contributed by atoms with Gasteiger partial charge in [-0.25, -0.2) is 4.98 Å². The monoisotopic (exact) mass is 366 g/mol. The summed E-state index contributed by atoms with van der Waals surface area (Å²) in [6.07, 6.45) is 2.13. The lowest BCUT2D eigenvalue weighted by Crippen LogP contribution is -2.26. The molecule has 0 fully saturated rings. The van der Waals surface area contributed by atoms with E-state index in [4.69, 9.17) is 9.47 Å². The number of nitrogens with one attached hydrogen (secondary N) is 1. The van der Waals surface area contributed by atoms with Crippen LogP contribution in [0.3, 0.4) is 0 Å². The molecule has 0 unspecified atom stereocenters. The predicted molar refractivity (Wildman–Crippen MR) is 102 cm³/mol. The van der Waals surface area contributed by atoms with E-state index in [0.717, 1.165) is 28.5 Å². The van der Waals surface area contributed by atoms with Gasteiger partial charge in [0.1, 0.15) is 23.7 Å². The fourth-order valence-corrected chi connectivity index (χ4v) is 2.77. The summed E-state index contributed by atoms with van der Waals surface area (Å²) >= 11 is 0. The molecular weight excluding hydrogens is 344 g/mol. The Kier molecular flexibility index (Phi) is 5.71. The molecule has 27 heavy (non-hydrogen) atoms. The summed E-state index contributed by atoms with van der Waals surface area (Å²) in [5.74, 6) is 2.16. The second kappa shape index (κ2) is 8.35. The lowest BCUT2D eigenvalue weighted by molar-refractivity contribution is 0.0954. The normalized spacial score (nSPS) is 10.5. The van der Waals surface area contributed by atoms with Crippen LogP contribution in [0.25, 0.3) is 11.1 Å². The minimum Gasteiger partial charge on any atom is -0.497 e. The summed E-state index contributed by atoms with van der Waals surface area (Å²) < 4.78 is 12.4. The van der Waals surface area contributed by atoms with Gasteiger partial charge in [0.25, 0.3) is 5.91 Å². The number of hydrogen-bond acceptors (Lipinski definition) is 5. The zero-order valence-electron chi connectivity index (χ0n) is 15.6. The summed E-state index contributed by atoms with van der Waals surface area (Å²) in [7, 11) is 5.07. The third-order valence-corrected chi connectivity index (χ3v) is 4.31. The summed E-state index contributed by atoms with van der Waals surface area (Å²) in [4.78, 5) is 16.5. The number of carbonyl (C=O) groups is 1. The number of rotatable bonds is 7. The smallest absolute Gasteiger partial charge is 0.251 e. The highest BCUT2D eigenvalue weighted by molar-refractivity contribution is 5.94. The Morgan fingerprint density at radius 2 is 1.89 bits per heavy atom. The molecule has 0 aliphatic carbocycles. The van der Waals surface area contributed by atoms with Crippen molar-refractivity contribution in [3.63, 3.8) is 0 Å². The second-order valence-corrected chi connectivity index (χ2v) is 5.95. The molecule has 1 amide bonds. The topological polar surface area (TPSA) is 78.3 Å². The van der Waals surface area contributed by atoms with Crippen molar-refractivity contribution in [1.29, 1.82) is 0 Å². The molecule has 140 valence electrons. The molecule has 7 nitrogen and oxygen atoms in total. The number of nitrogens with zero attached hydrogens (tertiary/aromatic N) is 3. The van der Waals surface area contributed by atoms with Crippen LogP contribution in [0.4, 0.5) is 0 Å². The SMILES string of the molecule is COc1ccc(-c2ccc(C(=O)NCCc3ncnn3C)cc2)c(OC)c1. The Morgan fingerprint density at radius 1 is 1.11 bits per heavy atom. The van der Waals surface area contributed by atoms with Crippen LogP contribution in [0.15, 0.2) is 48.8 Å². The molecular formula is C20H22N4O3. The van der Waals surface area contributed by atoms with Crippen molar-refractivity contribution in [2.45, 2.75) is 6.42 Å². The third-order valence-electron chi connectivity index (χ3n) is 4.31. The van der Waals surface area contributed by atoms with Crippen LogP contribution in [-0.4, -0.2) is 41.4 Å². The van der Waals surface area contributed by atoms with Crippen LogP contribution in [-0.2, 0) is 13.5 Å². The summed E-state index contributed by atoms with van der Waals surface area (Å²) in [6, 6.07) is 13.1. The van der Waals surface area contributed by atoms with Crippen molar-refractivity contribution in [2.75, 3.05) is 20.8 Å². The van der Waals surface area contributed by atoms with Gasteiger partial charge in [-0.3, -0.25) is 9.48 Å². The number of benzene rings is 2. The lowest BCUT2D eigenvalue weighted by atomic mass is 10.0. The van der Waals surface area contributed by atoms with Crippen molar-refractivity contribution in [2.24, 2.45) is 7.05 Å². The largest absolute Gasteiger partial charge is 0.497 e. The lowest BCUT2D eigenvalue weighted by Gasteiger charge is -2.11. The molecule has 0 radical (unpaired) electrons. The Bertz CT molecular complexity index is 919. The first-order valence-corrected chi connectivity index (χ1v) is 8.56. The maximum Gasteiger partial charge on any atom is 0.251 e. The first-order valence-electron chi connectivity index (χ1n) is 8.56. The second-order valence-electron chi connectivity index (χ2n) is 5.95. The van der Waals surface area contributed by atoms with Crippen LogP contribution < -0.4 is 14.8 Å². The van der Waals surface area contributed by atoms with Crippen LogP contribution in [0, 0.1) is 0 Å². The summed E-state index contributed by atoms with van der Waals surface area (Å²) in [5.41, 5.74) is 2.50. The molecule has 0 bridgehead atoms. The van der Waals surface area contributed by atoms with E-state index in [-0.39, 0.29) is 5.91 Å². The van der Waals surface area contributed by atoms with Gasteiger partial charge in [-0.05, 0) is 29.8 Å². The highest BCUT2D eigenvalue weighted by Crippen LogP contribution is 2.33. The van der Waals surface area contributed by atoms with Crippen molar-refractivity contribution in [1.82, 2.24) is 20.1 Å². The van der Waals surface area contributed by atoms with Gasteiger partial charge in [-0.1, -0.05) is 12.1 Å². The Labute approximate surface area is 158 Å². The average molecular weight is 366 g/mol. The van der Waals surface area contributed by atoms with Gasteiger partial charge in [-0.2, -0.15) is 5.10 Å². The maximum absolute atomic E-state index is 12.3. The minimum atomic E-state index is -0.120. The zero-order valence-corrected chi connectivity index (χ0v) is 15.6. The first kappa shape index (κ1) is 18.4. The number of hydrogen-bond donors (Lipinski definition) is 1. The number of carbonyl (C=O) groups excluding carboxylic acids is 1. The molecule has 2 aromatic carbocycles. The molecule has 3 aromatic rings. The van der Waals surface area contributed by atoms with Gasteiger partial charge in [-0.15, -0.1) is 0 Å². The zero-order chi connectivity index (χ0) is 19.2. The van der Waals surface area contributed by atoms with E-state index in [1.165, 1.54) is 6.33 Å². The third kappa shape index (κ3) is 4.25. The minimum absolute atomic E-state index is 0.120. The summed E-state index contributed by atoms with van der Waals surface area (Å²) in [6.45, 7) is 0.499. The van der Waals surface area contributed by atoms with Gasteiger partial charge in [0, 0.05) is 37.2 Å². The molecule has 1 aromatic heterocycles. The van der Waals surface area contributed by atoms with Crippen molar-refractivity contribution < 1.29 is 14.3 Å². The molecule has 0 atom stereocenters. The number of aryl methyl sites for hydroxylation is 1. The van der Waals surface area contributed by atoms with E-state index < -0.39 is 0 Å². The van der Waals surface area contributed by atoms with E-state index in [2.05, 4.69) is 15.4 Å². The van der Waals surface area contributed by atoms with E-state index in [1.807, 2.05) is 37.4 Å². The van der Waals surface area contributed by atoms with Gasteiger partial charge in [0.15, 0.2) is 0 Å². The standard InChI is InChI=1S/C20H22N4O3/c1-24-19(22-13-23-24)10-11-21-20(25)15-6-4-14(5-7-15)17-9-8-16(26-2)12-18(17)27-3/h4-9,12-13H,10-11H2,1-3H3,(H,21,25). The number of amides is 1. The van der Waals surface area contributed by atoms with Gasteiger partial charge < -0.3 is 14.8 Å². The van der Waals surface area contributed by atoms with Crippen molar-refractivity contribution in [3.05, 3.63) is 60.2 Å². The molecule has 3 rings (SSSR count). The average Bonchev–Trinajstić information content (AvgIpc) is 3.12. The quantitative estimate of drug-likeness (QED) is 0.695. The van der Waals surface area contributed by atoms with Crippen LogP contribution >= 0.6 is 0 Å². The number of ether oxygens (including phenoxy) is 2. The Balaban J connectivity index is 1.66.